The average molecular weight is 133 g/mol. The molecule has 1 radical (unpaired) electrons. The molecule has 0 saturated carbocycles. The first-order valence-corrected chi connectivity index (χ1v) is 2.40. The Morgan fingerprint density at radius 3 is 1.20 bits per heavy atom. The number of hydrogen-bond donors (Lipinski definition) is 2. The van der Waals surface area contributed by atoms with Crippen molar-refractivity contribution in [1.82, 2.24) is 0 Å². The van der Waals surface area contributed by atoms with Crippen molar-refractivity contribution in [2.24, 2.45) is 0 Å². The van der Waals surface area contributed by atoms with E-state index in [1.165, 1.54) is 0 Å². The largest absolute Gasteiger partial charge is 0.179 e. The van der Waals surface area contributed by atoms with Gasteiger partial charge in [-0.05, 0) is 11.5 Å². The van der Waals surface area contributed by atoms with Crippen molar-refractivity contribution in [2.45, 2.75) is 0 Å². The van der Waals surface area contributed by atoms with Gasteiger partial charge >= 0.3 is 0 Å². The first kappa shape index (κ1) is 10.3. The Bertz CT molecular complexity index is 9.61. The van der Waals surface area contributed by atoms with Gasteiger partial charge in [0.1, 0.15) is 0 Å². The maximum Gasteiger partial charge on any atom is 0 e. The molecular weight excluding hydrogens is 127 g/mol. The van der Waals surface area contributed by atoms with Gasteiger partial charge in [0, 0.05) is 51.4 Å². The first-order valence-electron chi connectivity index (χ1n) is 1.13. The van der Waals surface area contributed by atoms with Crippen LogP contribution in [0.5, 0.6) is 0 Å². The minimum absolute atomic E-state index is 0. The average Bonchev–Trinajstić information content (AvgIpc) is 1.37. The fourth-order valence-corrected chi connectivity index (χ4v) is 0. The molecule has 3 heteroatoms. The molecule has 0 aromatic heterocycles. The summed E-state index contributed by atoms with van der Waals surface area (Å²) in [7, 11) is 0. The summed E-state index contributed by atoms with van der Waals surface area (Å²) in [6.07, 6.45) is 0. The van der Waals surface area contributed by atoms with Crippen molar-refractivity contribution in [3.63, 3.8) is 0 Å². The van der Waals surface area contributed by atoms with E-state index in [-0.39, 0.29) is 51.4 Å². The second kappa shape index (κ2) is 9.60. The van der Waals surface area contributed by atoms with Crippen LogP contribution in [0.2, 0.25) is 0 Å². The Kier molecular flexibility index (Phi) is 19.9. The zero-order valence-corrected chi connectivity index (χ0v) is 8.22. The summed E-state index contributed by atoms with van der Waals surface area (Å²) in [6, 6.07) is 0. The van der Waals surface area contributed by atoms with Crippen molar-refractivity contribution in [3.8, 4) is 0 Å². The third kappa shape index (κ3) is 10.7. The van der Waals surface area contributed by atoms with Gasteiger partial charge in [-0.15, -0.1) is 0 Å². The van der Waals surface area contributed by atoms with Crippen LogP contribution < -0.4 is 0 Å². The molecule has 0 spiro atoms. The van der Waals surface area contributed by atoms with E-state index < -0.39 is 0 Å². The number of hydrogen-bond acceptors (Lipinski definition) is 2. The Hall–Kier alpha value is 2.34. The molecule has 0 aliphatic rings. The molecule has 0 rings (SSSR count). The van der Waals surface area contributed by atoms with Gasteiger partial charge in [-0.2, -0.15) is 25.3 Å². The predicted octanol–water partition coefficient (Wildman–Crippen LogP) is 0.465. The van der Waals surface area contributed by atoms with Crippen LogP contribution in [0.15, 0.2) is 0 Å². The molecule has 0 amide bonds. The monoisotopic (exact) mass is 133 g/mol. The van der Waals surface area contributed by atoms with Crippen molar-refractivity contribution < 1.29 is 0 Å². The smallest absolute Gasteiger partial charge is 0 e. The van der Waals surface area contributed by atoms with E-state index in [0.717, 1.165) is 11.5 Å². The first-order chi connectivity index (χ1) is 1.91. The predicted molar refractivity (Wildman–Crippen MR) is 33.5 cm³/mol. The molecule has 5 heavy (non-hydrogen) atoms. The van der Waals surface area contributed by atoms with Crippen LogP contribution in [0, 0.1) is 0 Å². The van der Waals surface area contributed by atoms with E-state index in [0.29, 0.717) is 0 Å². The normalized spacial score (nSPS) is 6.00. The van der Waals surface area contributed by atoms with E-state index in [4.69, 9.17) is 0 Å². The molecule has 0 heterocycles. The summed E-state index contributed by atoms with van der Waals surface area (Å²) < 4.78 is 0. The van der Waals surface area contributed by atoms with Gasteiger partial charge in [0.25, 0.3) is 0 Å². The summed E-state index contributed by atoms with van der Waals surface area (Å²) in [5.41, 5.74) is 0. The molecule has 0 aromatic carbocycles. The number of rotatable bonds is 1. The van der Waals surface area contributed by atoms with E-state index in [1.54, 1.807) is 0 Å². The molecule has 0 aliphatic heterocycles. The van der Waals surface area contributed by atoms with Crippen LogP contribution >= 0.6 is 25.3 Å². The molecule has 0 N–H and O–H groups in total. The maximum atomic E-state index is 3.84. The van der Waals surface area contributed by atoms with E-state index in [9.17, 15) is 0 Å². The van der Waals surface area contributed by atoms with E-state index >= 15 is 0 Å². The summed E-state index contributed by atoms with van der Waals surface area (Å²) in [5, 5.41) is 0. The Morgan fingerprint density at radius 1 is 1.00 bits per heavy atom. The Morgan fingerprint density at radius 2 is 1.20 bits per heavy atom. The van der Waals surface area contributed by atoms with Crippen molar-refractivity contribution in [2.75, 3.05) is 11.5 Å². The van der Waals surface area contributed by atoms with Crippen molar-refractivity contribution in [1.29, 1.82) is 0 Å². The fourth-order valence-electron chi connectivity index (χ4n) is 0. The summed E-state index contributed by atoms with van der Waals surface area (Å²) >= 11 is 7.69. The van der Waals surface area contributed by atoms with Crippen LogP contribution in [0.1, 0.15) is 0 Å². The molecular formula is C2H6KS2. The number of thiol groups is 2. The van der Waals surface area contributed by atoms with Crippen LogP contribution in [-0.4, -0.2) is 62.9 Å². The van der Waals surface area contributed by atoms with Crippen LogP contribution in [-0.2, 0) is 0 Å². The molecule has 0 aliphatic carbocycles. The fraction of sp³-hybridized carbons (Fsp3) is 1.00. The molecule has 0 nitrogen and oxygen atoms in total. The van der Waals surface area contributed by atoms with Gasteiger partial charge in [0.05, 0.1) is 0 Å². The minimum atomic E-state index is 0. The molecule has 0 unspecified atom stereocenters. The molecule has 0 saturated heterocycles. The standard InChI is InChI=1S/C2H6S2.K/c3-1-2-4;/h3-4H,1-2H2;. The van der Waals surface area contributed by atoms with Gasteiger partial charge in [-0.1, -0.05) is 0 Å². The third-order valence-corrected chi connectivity index (χ3v) is 0.900. The molecule has 0 bridgehead atoms. The van der Waals surface area contributed by atoms with Crippen LogP contribution in [0.4, 0.5) is 0 Å². The summed E-state index contributed by atoms with van der Waals surface area (Å²) in [4.78, 5) is 0. The second-order valence-corrected chi connectivity index (χ2v) is 1.34. The quantitative estimate of drug-likeness (QED) is 0.377. The molecule has 0 fully saturated rings. The molecule has 0 aromatic rings. The van der Waals surface area contributed by atoms with Crippen molar-refractivity contribution >= 4 is 76.6 Å². The van der Waals surface area contributed by atoms with Gasteiger partial charge in [-0.25, -0.2) is 0 Å². The van der Waals surface area contributed by atoms with Crippen LogP contribution in [0.3, 0.4) is 0 Å². The van der Waals surface area contributed by atoms with E-state index in [2.05, 4.69) is 25.3 Å². The summed E-state index contributed by atoms with van der Waals surface area (Å²) in [5.74, 6) is 1.76. The van der Waals surface area contributed by atoms with Gasteiger partial charge in [0.2, 0.25) is 0 Å². The van der Waals surface area contributed by atoms with Crippen LogP contribution in [0.25, 0.3) is 0 Å². The Labute approximate surface area is 86.3 Å². The minimum Gasteiger partial charge on any atom is -0.179 e. The third-order valence-electron chi connectivity index (χ3n) is 0.1000. The molecule has 27 valence electrons. The van der Waals surface area contributed by atoms with Gasteiger partial charge in [-0.3, -0.25) is 0 Å². The van der Waals surface area contributed by atoms with Gasteiger partial charge < -0.3 is 0 Å². The van der Waals surface area contributed by atoms with E-state index in [1.807, 2.05) is 0 Å². The SMILES string of the molecule is SCCS.[K]. The van der Waals surface area contributed by atoms with Crippen molar-refractivity contribution in [3.05, 3.63) is 0 Å². The van der Waals surface area contributed by atoms with Gasteiger partial charge in [0.15, 0.2) is 0 Å². The molecule has 0 atom stereocenters. The zero-order valence-electron chi connectivity index (χ0n) is 3.31. The Balaban J connectivity index is 0. The maximum absolute atomic E-state index is 3.84. The summed E-state index contributed by atoms with van der Waals surface area (Å²) in [6.45, 7) is 0. The topological polar surface area (TPSA) is 0 Å². The zero-order chi connectivity index (χ0) is 3.41. The second-order valence-electron chi connectivity index (χ2n) is 0.447.